The lowest BCUT2D eigenvalue weighted by Gasteiger charge is -2.22. The van der Waals surface area contributed by atoms with E-state index in [0.717, 1.165) is 24.3 Å². The molecular weight excluding hydrogens is 397 g/mol. The molecule has 2 rings (SSSR count). The zero-order chi connectivity index (χ0) is 21.1. The SMILES string of the molecule is CC(C)[C@H](NC(=O)c1cc(Cl)ccc1O)C(=O)Nc1ccc(C(F)(F)F)cc1. The van der Waals surface area contributed by atoms with E-state index in [2.05, 4.69) is 10.6 Å². The molecule has 28 heavy (non-hydrogen) atoms. The Morgan fingerprint density at radius 1 is 1.07 bits per heavy atom. The predicted molar refractivity (Wildman–Crippen MR) is 99.3 cm³/mol. The third-order valence-electron chi connectivity index (χ3n) is 3.92. The van der Waals surface area contributed by atoms with Gasteiger partial charge in [-0.15, -0.1) is 0 Å². The van der Waals surface area contributed by atoms with Gasteiger partial charge in [0.15, 0.2) is 0 Å². The van der Waals surface area contributed by atoms with Crippen molar-refractivity contribution in [2.24, 2.45) is 5.92 Å². The van der Waals surface area contributed by atoms with Crippen molar-refractivity contribution >= 4 is 29.1 Å². The number of benzene rings is 2. The third-order valence-corrected chi connectivity index (χ3v) is 4.15. The van der Waals surface area contributed by atoms with E-state index in [9.17, 15) is 27.9 Å². The maximum atomic E-state index is 12.6. The minimum absolute atomic E-state index is 0.0968. The van der Waals surface area contributed by atoms with Crippen LogP contribution in [0.15, 0.2) is 42.5 Å². The van der Waals surface area contributed by atoms with Gasteiger partial charge in [-0.05, 0) is 48.4 Å². The van der Waals surface area contributed by atoms with E-state index in [1.54, 1.807) is 13.8 Å². The van der Waals surface area contributed by atoms with Crippen molar-refractivity contribution in [2.45, 2.75) is 26.1 Å². The molecule has 0 heterocycles. The van der Waals surface area contributed by atoms with Gasteiger partial charge in [-0.25, -0.2) is 0 Å². The van der Waals surface area contributed by atoms with Crippen molar-refractivity contribution in [3.8, 4) is 5.75 Å². The van der Waals surface area contributed by atoms with Gasteiger partial charge in [-0.2, -0.15) is 13.2 Å². The van der Waals surface area contributed by atoms with E-state index < -0.39 is 29.6 Å². The van der Waals surface area contributed by atoms with Gasteiger partial charge in [0.25, 0.3) is 5.91 Å². The quantitative estimate of drug-likeness (QED) is 0.676. The third kappa shape index (κ3) is 5.39. The first kappa shape index (κ1) is 21.6. The van der Waals surface area contributed by atoms with E-state index in [1.807, 2.05) is 0 Å². The molecule has 2 aromatic rings. The number of alkyl halides is 3. The van der Waals surface area contributed by atoms with Crippen LogP contribution < -0.4 is 10.6 Å². The second kappa shape index (κ2) is 8.52. The molecule has 1 atom stereocenters. The number of rotatable bonds is 5. The molecule has 0 fully saturated rings. The molecule has 0 unspecified atom stereocenters. The number of aromatic hydroxyl groups is 1. The normalized spacial score (nSPS) is 12.5. The van der Waals surface area contributed by atoms with Crippen molar-refractivity contribution in [3.05, 3.63) is 58.6 Å². The monoisotopic (exact) mass is 414 g/mol. The van der Waals surface area contributed by atoms with Crippen molar-refractivity contribution < 1.29 is 27.9 Å². The minimum Gasteiger partial charge on any atom is -0.507 e. The number of anilines is 1. The summed E-state index contributed by atoms with van der Waals surface area (Å²) in [4.78, 5) is 24.9. The summed E-state index contributed by atoms with van der Waals surface area (Å²) in [7, 11) is 0. The second-order valence-corrected chi connectivity index (χ2v) is 6.86. The van der Waals surface area contributed by atoms with Crippen molar-refractivity contribution in [1.29, 1.82) is 0 Å². The molecule has 2 aromatic carbocycles. The summed E-state index contributed by atoms with van der Waals surface area (Å²) < 4.78 is 37.9. The molecule has 0 bridgehead atoms. The molecule has 2 amide bonds. The molecule has 150 valence electrons. The second-order valence-electron chi connectivity index (χ2n) is 6.42. The van der Waals surface area contributed by atoms with E-state index in [0.29, 0.717) is 0 Å². The van der Waals surface area contributed by atoms with Crippen LogP contribution in [0.3, 0.4) is 0 Å². The predicted octanol–water partition coefficient (Wildman–Crippen LogP) is 4.46. The molecule has 0 saturated carbocycles. The Morgan fingerprint density at radius 3 is 2.21 bits per heavy atom. The van der Waals surface area contributed by atoms with E-state index in [1.165, 1.54) is 18.2 Å². The number of halogens is 4. The van der Waals surface area contributed by atoms with Gasteiger partial charge in [0.1, 0.15) is 11.8 Å². The van der Waals surface area contributed by atoms with Crippen LogP contribution in [0.25, 0.3) is 0 Å². The molecular formula is C19H18ClF3N2O3. The fourth-order valence-corrected chi connectivity index (χ4v) is 2.58. The number of amides is 2. The van der Waals surface area contributed by atoms with E-state index >= 15 is 0 Å². The average Bonchev–Trinajstić information content (AvgIpc) is 2.60. The number of phenolic OH excluding ortho intramolecular Hbond substituents is 1. The van der Waals surface area contributed by atoms with E-state index in [4.69, 9.17) is 11.6 Å². The van der Waals surface area contributed by atoms with Gasteiger partial charge in [0.05, 0.1) is 11.1 Å². The zero-order valence-electron chi connectivity index (χ0n) is 15.0. The number of carbonyl (C=O) groups is 2. The molecule has 0 aromatic heterocycles. The van der Waals surface area contributed by atoms with Crippen LogP contribution in [0.5, 0.6) is 5.75 Å². The number of phenols is 1. The molecule has 0 saturated heterocycles. The van der Waals surface area contributed by atoms with Crippen molar-refractivity contribution in [3.63, 3.8) is 0 Å². The molecule has 3 N–H and O–H groups in total. The zero-order valence-corrected chi connectivity index (χ0v) is 15.7. The minimum atomic E-state index is -4.48. The smallest absolute Gasteiger partial charge is 0.416 e. The summed E-state index contributed by atoms with van der Waals surface area (Å²) in [5.41, 5.74) is -0.778. The molecule has 0 radical (unpaired) electrons. The summed E-state index contributed by atoms with van der Waals surface area (Å²) in [5, 5.41) is 15.0. The summed E-state index contributed by atoms with van der Waals surface area (Å²) in [5.74, 6) is -1.95. The molecule has 0 aliphatic heterocycles. The standard InChI is InChI=1S/C19H18ClF3N2O3/c1-10(2)16(25-17(27)14-9-12(20)5-8-15(14)26)18(28)24-13-6-3-11(4-7-13)19(21,22)23/h3-10,16,26H,1-2H3,(H,24,28)(H,25,27)/t16-/m0/s1. The Hall–Kier alpha value is -2.74. The van der Waals surface area contributed by atoms with Gasteiger partial charge in [-0.3, -0.25) is 9.59 Å². The van der Waals surface area contributed by atoms with Gasteiger partial charge in [0.2, 0.25) is 5.91 Å². The topological polar surface area (TPSA) is 78.4 Å². The molecule has 0 spiro atoms. The first-order valence-corrected chi connectivity index (χ1v) is 8.64. The highest BCUT2D eigenvalue weighted by atomic mass is 35.5. The Kier molecular flexibility index (Phi) is 6.56. The number of hydrogen-bond acceptors (Lipinski definition) is 3. The molecule has 9 heteroatoms. The molecule has 0 aliphatic carbocycles. The van der Waals surface area contributed by atoms with Crippen LogP contribution in [0.1, 0.15) is 29.8 Å². The largest absolute Gasteiger partial charge is 0.507 e. The maximum Gasteiger partial charge on any atom is 0.416 e. The number of hydrogen-bond donors (Lipinski definition) is 3. The highest BCUT2D eigenvalue weighted by Crippen LogP contribution is 2.30. The highest BCUT2D eigenvalue weighted by Gasteiger charge is 2.30. The fraction of sp³-hybridized carbons (Fsp3) is 0.263. The first-order valence-electron chi connectivity index (χ1n) is 8.26. The summed E-state index contributed by atoms with van der Waals surface area (Å²) >= 11 is 5.82. The van der Waals surface area contributed by atoms with Crippen molar-refractivity contribution in [1.82, 2.24) is 5.32 Å². The van der Waals surface area contributed by atoms with Crippen molar-refractivity contribution in [2.75, 3.05) is 5.32 Å². The first-order chi connectivity index (χ1) is 13.0. The summed E-state index contributed by atoms with van der Waals surface area (Å²) in [6.07, 6.45) is -4.48. The lowest BCUT2D eigenvalue weighted by atomic mass is 10.0. The molecule has 5 nitrogen and oxygen atoms in total. The molecule has 0 aliphatic rings. The van der Waals surface area contributed by atoms with Crippen LogP contribution in [-0.2, 0) is 11.0 Å². The van der Waals surface area contributed by atoms with Crippen LogP contribution >= 0.6 is 11.6 Å². The summed E-state index contributed by atoms with van der Waals surface area (Å²) in [6.45, 7) is 3.38. The average molecular weight is 415 g/mol. The number of nitrogens with one attached hydrogen (secondary N) is 2. The Morgan fingerprint density at radius 2 is 1.68 bits per heavy atom. The van der Waals surface area contributed by atoms with Gasteiger partial charge in [-0.1, -0.05) is 25.4 Å². The number of carbonyl (C=O) groups excluding carboxylic acids is 2. The highest BCUT2D eigenvalue weighted by molar-refractivity contribution is 6.31. The van der Waals surface area contributed by atoms with Gasteiger partial charge >= 0.3 is 6.18 Å². The Balaban J connectivity index is 2.13. The fourth-order valence-electron chi connectivity index (χ4n) is 2.41. The Bertz CT molecular complexity index is 868. The summed E-state index contributed by atoms with van der Waals surface area (Å²) in [6, 6.07) is 6.89. The Labute approximate surface area is 164 Å². The van der Waals surface area contributed by atoms with E-state index in [-0.39, 0.29) is 27.9 Å². The van der Waals surface area contributed by atoms with Crippen LogP contribution in [-0.4, -0.2) is 23.0 Å². The van der Waals surface area contributed by atoms with Crippen LogP contribution in [0.4, 0.5) is 18.9 Å². The lowest BCUT2D eigenvalue weighted by molar-refractivity contribution is -0.137. The van der Waals surface area contributed by atoms with Crippen LogP contribution in [0, 0.1) is 5.92 Å². The van der Waals surface area contributed by atoms with Gasteiger partial charge in [0, 0.05) is 10.7 Å². The van der Waals surface area contributed by atoms with Crippen LogP contribution in [0.2, 0.25) is 5.02 Å². The van der Waals surface area contributed by atoms with Gasteiger partial charge < -0.3 is 15.7 Å². The lowest BCUT2D eigenvalue weighted by Crippen LogP contribution is -2.47. The maximum absolute atomic E-state index is 12.6.